The third kappa shape index (κ3) is 4.97. The molecule has 1 unspecified atom stereocenters. The predicted octanol–water partition coefficient (Wildman–Crippen LogP) is 2.44. The van der Waals surface area contributed by atoms with Gasteiger partial charge in [-0.05, 0) is 23.8 Å². The van der Waals surface area contributed by atoms with Crippen LogP contribution in [0.2, 0.25) is 0 Å². The first-order chi connectivity index (χ1) is 9.79. The Morgan fingerprint density at radius 1 is 1.19 bits per heavy atom. The number of carbonyl (C=O) groups is 2. The van der Waals surface area contributed by atoms with Crippen molar-refractivity contribution in [1.82, 2.24) is 5.32 Å². The fourth-order valence-corrected chi connectivity index (χ4v) is 2.04. The van der Waals surface area contributed by atoms with E-state index in [1.807, 2.05) is 19.1 Å². The molecule has 0 spiro atoms. The van der Waals surface area contributed by atoms with E-state index in [4.69, 9.17) is 5.11 Å². The third-order valence-electron chi connectivity index (χ3n) is 3.52. The lowest BCUT2D eigenvalue weighted by Crippen LogP contribution is -2.39. The van der Waals surface area contributed by atoms with Crippen LogP contribution in [-0.2, 0) is 10.2 Å². The van der Waals surface area contributed by atoms with Gasteiger partial charge >= 0.3 is 0 Å². The molecule has 2 N–H and O–H groups in total. The van der Waals surface area contributed by atoms with Gasteiger partial charge < -0.3 is 10.4 Å². The van der Waals surface area contributed by atoms with Gasteiger partial charge in [-0.2, -0.15) is 0 Å². The van der Waals surface area contributed by atoms with Crippen molar-refractivity contribution >= 4 is 11.7 Å². The lowest BCUT2D eigenvalue weighted by Gasteiger charge is -2.19. The SMILES string of the molecule is CCC(CCO)NC(=O)C(=O)c1ccc(C(C)(C)C)cc1. The zero-order valence-electron chi connectivity index (χ0n) is 13.3. The number of ketones is 1. The molecule has 0 bridgehead atoms. The molecule has 0 aliphatic carbocycles. The van der Waals surface area contributed by atoms with Gasteiger partial charge in [0.05, 0.1) is 0 Å². The summed E-state index contributed by atoms with van der Waals surface area (Å²) in [6, 6.07) is 6.97. The highest BCUT2D eigenvalue weighted by atomic mass is 16.3. The van der Waals surface area contributed by atoms with Gasteiger partial charge in [0, 0.05) is 18.2 Å². The Labute approximate surface area is 126 Å². The number of aliphatic hydroxyl groups excluding tert-OH is 1. The first-order valence-electron chi connectivity index (χ1n) is 7.36. The molecule has 1 aromatic rings. The molecule has 4 nitrogen and oxygen atoms in total. The van der Waals surface area contributed by atoms with Crippen molar-refractivity contribution in [2.24, 2.45) is 0 Å². The molecule has 0 saturated carbocycles. The Kier molecular flexibility index (Phi) is 6.09. The van der Waals surface area contributed by atoms with Gasteiger partial charge in [-0.15, -0.1) is 0 Å². The fraction of sp³-hybridized carbons (Fsp3) is 0.529. The van der Waals surface area contributed by atoms with Crippen molar-refractivity contribution in [3.63, 3.8) is 0 Å². The van der Waals surface area contributed by atoms with E-state index in [0.717, 1.165) is 5.56 Å². The zero-order valence-corrected chi connectivity index (χ0v) is 13.3. The van der Waals surface area contributed by atoms with Gasteiger partial charge in [0.15, 0.2) is 0 Å². The van der Waals surface area contributed by atoms with E-state index in [1.165, 1.54) is 0 Å². The molecule has 4 heteroatoms. The molecule has 116 valence electrons. The first kappa shape index (κ1) is 17.4. The Morgan fingerprint density at radius 3 is 2.19 bits per heavy atom. The second kappa shape index (κ2) is 7.36. The molecule has 0 aliphatic rings. The van der Waals surface area contributed by atoms with E-state index >= 15 is 0 Å². The molecule has 0 radical (unpaired) electrons. The second-order valence-electron chi connectivity index (χ2n) is 6.25. The van der Waals surface area contributed by atoms with Crippen LogP contribution in [0.25, 0.3) is 0 Å². The van der Waals surface area contributed by atoms with Gasteiger partial charge in [-0.3, -0.25) is 9.59 Å². The molecule has 0 saturated heterocycles. The Hall–Kier alpha value is -1.68. The van der Waals surface area contributed by atoms with E-state index < -0.39 is 11.7 Å². The van der Waals surface area contributed by atoms with Crippen LogP contribution < -0.4 is 5.32 Å². The summed E-state index contributed by atoms with van der Waals surface area (Å²) in [5.74, 6) is -1.15. The molecule has 1 aromatic carbocycles. The summed E-state index contributed by atoms with van der Waals surface area (Å²) in [4.78, 5) is 24.0. The maximum atomic E-state index is 12.1. The summed E-state index contributed by atoms with van der Waals surface area (Å²) in [6.45, 7) is 8.18. The highest BCUT2D eigenvalue weighted by Gasteiger charge is 2.20. The number of nitrogens with one attached hydrogen (secondary N) is 1. The topological polar surface area (TPSA) is 66.4 Å². The van der Waals surface area contributed by atoms with Crippen molar-refractivity contribution in [3.8, 4) is 0 Å². The van der Waals surface area contributed by atoms with Gasteiger partial charge in [0.2, 0.25) is 5.78 Å². The molecule has 1 atom stereocenters. The molecule has 0 fully saturated rings. The normalized spacial score (nSPS) is 12.8. The highest BCUT2D eigenvalue weighted by Crippen LogP contribution is 2.22. The second-order valence-corrected chi connectivity index (χ2v) is 6.25. The lowest BCUT2D eigenvalue weighted by molar-refractivity contribution is -0.117. The average molecular weight is 291 g/mol. The van der Waals surface area contributed by atoms with Crippen LogP contribution in [0, 0.1) is 0 Å². The molecule has 1 rings (SSSR count). The van der Waals surface area contributed by atoms with Crippen LogP contribution in [0.3, 0.4) is 0 Å². The van der Waals surface area contributed by atoms with E-state index in [1.54, 1.807) is 12.1 Å². The molecular formula is C17H25NO3. The highest BCUT2D eigenvalue weighted by molar-refractivity contribution is 6.42. The molecule has 0 aromatic heterocycles. The Balaban J connectivity index is 2.77. The molecular weight excluding hydrogens is 266 g/mol. The third-order valence-corrected chi connectivity index (χ3v) is 3.52. The van der Waals surface area contributed by atoms with E-state index in [-0.39, 0.29) is 18.1 Å². The standard InChI is InChI=1S/C17H25NO3/c1-5-14(10-11-19)18-16(21)15(20)12-6-8-13(9-7-12)17(2,3)4/h6-9,14,19H,5,10-11H2,1-4H3,(H,18,21). The van der Waals surface area contributed by atoms with Crippen LogP contribution in [0.1, 0.15) is 56.5 Å². The summed E-state index contributed by atoms with van der Waals surface area (Å²) in [5.41, 5.74) is 1.52. The van der Waals surface area contributed by atoms with E-state index in [9.17, 15) is 9.59 Å². The van der Waals surface area contributed by atoms with Gasteiger partial charge in [-0.25, -0.2) is 0 Å². The number of carbonyl (C=O) groups excluding carboxylic acids is 2. The summed E-state index contributed by atoms with van der Waals surface area (Å²) < 4.78 is 0. The van der Waals surface area contributed by atoms with Crippen molar-refractivity contribution in [1.29, 1.82) is 0 Å². The van der Waals surface area contributed by atoms with Gasteiger partial charge in [-0.1, -0.05) is 52.0 Å². The van der Waals surface area contributed by atoms with Crippen molar-refractivity contribution < 1.29 is 14.7 Å². The molecule has 21 heavy (non-hydrogen) atoms. The maximum absolute atomic E-state index is 12.1. The minimum absolute atomic E-state index is 0.00669. The van der Waals surface area contributed by atoms with Crippen LogP contribution in [0.15, 0.2) is 24.3 Å². The van der Waals surface area contributed by atoms with Crippen molar-refractivity contribution in [2.75, 3.05) is 6.61 Å². The van der Waals surface area contributed by atoms with E-state index in [0.29, 0.717) is 18.4 Å². The van der Waals surface area contributed by atoms with Crippen molar-refractivity contribution in [2.45, 2.75) is 52.0 Å². The smallest absolute Gasteiger partial charge is 0.292 e. The Morgan fingerprint density at radius 2 is 1.76 bits per heavy atom. The summed E-state index contributed by atoms with van der Waals surface area (Å²) in [7, 11) is 0. The van der Waals surface area contributed by atoms with Crippen molar-refractivity contribution in [3.05, 3.63) is 35.4 Å². The summed E-state index contributed by atoms with van der Waals surface area (Å²) in [6.07, 6.45) is 1.14. The number of amides is 1. The zero-order chi connectivity index (χ0) is 16.0. The predicted molar refractivity (Wildman–Crippen MR) is 83.4 cm³/mol. The number of aliphatic hydroxyl groups is 1. The van der Waals surface area contributed by atoms with Gasteiger partial charge in [0.25, 0.3) is 5.91 Å². The van der Waals surface area contributed by atoms with Crippen LogP contribution in [0.4, 0.5) is 0 Å². The molecule has 1 amide bonds. The van der Waals surface area contributed by atoms with Crippen LogP contribution in [-0.4, -0.2) is 29.4 Å². The number of Topliss-reactive ketones (excluding diaryl/α,β-unsaturated/α-hetero) is 1. The number of hydrogen-bond acceptors (Lipinski definition) is 3. The van der Waals surface area contributed by atoms with Gasteiger partial charge in [0.1, 0.15) is 0 Å². The molecule has 0 aliphatic heterocycles. The summed E-state index contributed by atoms with van der Waals surface area (Å²) >= 11 is 0. The number of benzene rings is 1. The average Bonchev–Trinajstić information content (AvgIpc) is 2.45. The van der Waals surface area contributed by atoms with Crippen LogP contribution >= 0.6 is 0 Å². The molecule has 0 heterocycles. The largest absolute Gasteiger partial charge is 0.396 e. The number of rotatable bonds is 6. The Bertz CT molecular complexity index is 486. The monoisotopic (exact) mass is 291 g/mol. The van der Waals surface area contributed by atoms with E-state index in [2.05, 4.69) is 26.1 Å². The first-order valence-corrected chi connectivity index (χ1v) is 7.36. The number of hydrogen-bond donors (Lipinski definition) is 2. The van der Waals surface area contributed by atoms with Crippen LogP contribution in [0.5, 0.6) is 0 Å². The minimum Gasteiger partial charge on any atom is -0.396 e. The lowest BCUT2D eigenvalue weighted by atomic mass is 9.86. The maximum Gasteiger partial charge on any atom is 0.292 e. The summed E-state index contributed by atoms with van der Waals surface area (Å²) in [5, 5.41) is 11.6. The minimum atomic E-state index is -0.612. The quantitative estimate of drug-likeness (QED) is 0.625. The fourth-order valence-electron chi connectivity index (χ4n) is 2.04.